The SMILES string of the molecule is O=C(CN1CCCC1)NCc1cc(-c2ccc3[nH]ccc3c2)cs1. The van der Waals surface area contributed by atoms with Crippen molar-refractivity contribution in [2.45, 2.75) is 19.4 Å². The number of nitrogens with one attached hydrogen (secondary N) is 2. The Bertz CT molecular complexity index is 845. The van der Waals surface area contributed by atoms with Crippen molar-refractivity contribution in [1.82, 2.24) is 15.2 Å². The van der Waals surface area contributed by atoms with Crippen LogP contribution in [0.3, 0.4) is 0 Å². The summed E-state index contributed by atoms with van der Waals surface area (Å²) < 4.78 is 0. The minimum atomic E-state index is 0.126. The van der Waals surface area contributed by atoms with Crippen molar-refractivity contribution in [2.24, 2.45) is 0 Å². The second-order valence-corrected chi connectivity index (χ2v) is 7.34. The highest BCUT2D eigenvalue weighted by Crippen LogP contribution is 2.28. The molecule has 1 aromatic carbocycles. The van der Waals surface area contributed by atoms with E-state index in [4.69, 9.17) is 0 Å². The molecule has 24 heavy (non-hydrogen) atoms. The predicted molar refractivity (Wildman–Crippen MR) is 99.1 cm³/mol. The van der Waals surface area contributed by atoms with E-state index < -0.39 is 0 Å². The fourth-order valence-electron chi connectivity index (χ4n) is 3.24. The third-order valence-corrected chi connectivity index (χ3v) is 5.50. The average Bonchev–Trinajstić information content (AvgIpc) is 3.33. The summed E-state index contributed by atoms with van der Waals surface area (Å²) in [6.07, 6.45) is 4.39. The van der Waals surface area contributed by atoms with E-state index in [0.29, 0.717) is 13.1 Å². The normalized spacial score (nSPS) is 15.2. The van der Waals surface area contributed by atoms with E-state index in [1.165, 1.54) is 34.2 Å². The summed E-state index contributed by atoms with van der Waals surface area (Å²) in [6.45, 7) is 3.25. The second kappa shape index (κ2) is 6.79. The van der Waals surface area contributed by atoms with E-state index in [1.807, 2.05) is 6.20 Å². The van der Waals surface area contributed by atoms with Crippen LogP contribution in [0.5, 0.6) is 0 Å². The molecule has 1 amide bonds. The largest absolute Gasteiger partial charge is 0.361 e. The van der Waals surface area contributed by atoms with E-state index in [9.17, 15) is 4.79 Å². The van der Waals surface area contributed by atoms with E-state index in [1.54, 1.807) is 11.3 Å². The summed E-state index contributed by atoms with van der Waals surface area (Å²) in [5, 5.41) is 6.42. The van der Waals surface area contributed by atoms with Gasteiger partial charge in [-0.25, -0.2) is 0 Å². The van der Waals surface area contributed by atoms with E-state index >= 15 is 0 Å². The van der Waals surface area contributed by atoms with Gasteiger partial charge in [0.2, 0.25) is 5.91 Å². The van der Waals surface area contributed by atoms with Crippen LogP contribution in [0.1, 0.15) is 17.7 Å². The molecule has 0 radical (unpaired) electrons. The van der Waals surface area contributed by atoms with Gasteiger partial charge in [-0.15, -0.1) is 11.3 Å². The first-order chi connectivity index (χ1) is 11.8. The summed E-state index contributed by atoms with van der Waals surface area (Å²) in [4.78, 5) is 18.6. The van der Waals surface area contributed by atoms with Crippen LogP contribution in [0.2, 0.25) is 0 Å². The zero-order chi connectivity index (χ0) is 16.4. The van der Waals surface area contributed by atoms with Gasteiger partial charge in [-0.3, -0.25) is 9.69 Å². The zero-order valence-electron chi connectivity index (χ0n) is 13.5. The van der Waals surface area contributed by atoms with Gasteiger partial charge in [0.15, 0.2) is 0 Å². The number of amides is 1. The lowest BCUT2D eigenvalue weighted by Crippen LogP contribution is -2.35. The number of hydrogen-bond acceptors (Lipinski definition) is 3. The topological polar surface area (TPSA) is 48.1 Å². The quantitative estimate of drug-likeness (QED) is 0.746. The number of aromatic amines is 1. The van der Waals surface area contributed by atoms with Crippen LogP contribution in [0.15, 0.2) is 41.9 Å². The Balaban J connectivity index is 1.38. The fourth-order valence-corrected chi connectivity index (χ4v) is 4.08. The number of nitrogens with zero attached hydrogens (tertiary/aromatic N) is 1. The number of rotatable bonds is 5. The molecule has 0 bridgehead atoms. The first kappa shape index (κ1) is 15.4. The molecule has 5 heteroatoms. The Hall–Kier alpha value is -2.11. The minimum Gasteiger partial charge on any atom is -0.361 e. The molecular weight excluding hydrogens is 318 g/mol. The number of carbonyl (C=O) groups excluding carboxylic acids is 1. The molecule has 0 saturated carbocycles. The molecule has 1 aliphatic rings. The molecule has 2 N–H and O–H groups in total. The van der Waals surface area contributed by atoms with Gasteiger partial charge in [0, 0.05) is 16.6 Å². The number of likely N-dealkylation sites (tertiary alicyclic amines) is 1. The Kier molecular flexibility index (Phi) is 4.36. The number of H-pyrrole nitrogens is 1. The van der Waals surface area contributed by atoms with Gasteiger partial charge < -0.3 is 10.3 Å². The highest BCUT2D eigenvalue weighted by atomic mass is 32.1. The highest BCUT2D eigenvalue weighted by molar-refractivity contribution is 7.10. The van der Waals surface area contributed by atoms with Gasteiger partial charge in [-0.05, 0) is 72.1 Å². The molecule has 0 unspecified atom stereocenters. The number of hydrogen-bond donors (Lipinski definition) is 2. The Labute approximate surface area is 145 Å². The second-order valence-electron chi connectivity index (χ2n) is 6.34. The maximum absolute atomic E-state index is 12.0. The third-order valence-electron chi connectivity index (χ3n) is 4.57. The maximum Gasteiger partial charge on any atom is 0.234 e. The predicted octanol–water partition coefficient (Wildman–Crippen LogP) is 3.61. The smallest absolute Gasteiger partial charge is 0.234 e. The third kappa shape index (κ3) is 3.37. The standard InChI is InChI=1S/C19H21N3OS/c23-19(12-22-7-1-2-8-22)21-11-17-10-16(13-24-17)14-3-4-18-15(9-14)5-6-20-18/h3-6,9-10,13,20H,1-2,7-8,11-12H2,(H,21,23). The molecule has 124 valence electrons. The molecule has 1 fully saturated rings. The summed E-state index contributed by atoms with van der Waals surface area (Å²) in [5.41, 5.74) is 3.59. The average molecular weight is 339 g/mol. The van der Waals surface area contributed by atoms with Crippen LogP contribution < -0.4 is 5.32 Å². The lowest BCUT2D eigenvalue weighted by molar-refractivity contribution is -0.122. The van der Waals surface area contributed by atoms with Crippen LogP contribution in [-0.4, -0.2) is 35.4 Å². The van der Waals surface area contributed by atoms with Crippen LogP contribution in [0, 0.1) is 0 Å². The van der Waals surface area contributed by atoms with Gasteiger partial charge in [0.25, 0.3) is 0 Å². The molecule has 3 heterocycles. The number of benzene rings is 1. The number of carbonyl (C=O) groups is 1. The van der Waals surface area contributed by atoms with Crippen LogP contribution in [0.4, 0.5) is 0 Å². The summed E-state index contributed by atoms with van der Waals surface area (Å²) in [6, 6.07) is 10.7. The van der Waals surface area contributed by atoms with Crippen molar-refractivity contribution in [1.29, 1.82) is 0 Å². The Morgan fingerprint density at radius 2 is 2.04 bits per heavy atom. The fraction of sp³-hybridized carbons (Fsp3) is 0.316. The molecule has 1 aliphatic heterocycles. The van der Waals surface area contributed by atoms with Crippen molar-refractivity contribution in [3.8, 4) is 11.1 Å². The van der Waals surface area contributed by atoms with Gasteiger partial charge >= 0.3 is 0 Å². The van der Waals surface area contributed by atoms with Gasteiger partial charge in [0.05, 0.1) is 13.1 Å². The molecule has 0 aliphatic carbocycles. The first-order valence-electron chi connectivity index (χ1n) is 8.42. The van der Waals surface area contributed by atoms with Gasteiger partial charge in [-0.1, -0.05) is 6.07 Å². The van der Waals surface area contributed by atoms with E-state index in [2.05, 4.69) is 50.9 Å². The summed E-state index contributed by atoms with van der Waals surface area (Å²) >= 11 is 1.70. The van der Waals surface area contributed by atoms with Crippen molar-refractivity contribution in [2.75, 3.05) is 19.6 Å². The number of aromatic nitrogens is 1. The molecule has 2 aromatic heterocycles. The molecule has 1 saturated heterocycles. The number of fused-ring (bicyclic) bond motifs is 1. The van der Waals surface area contributed by atoms with Crippen LogP contribution >= 0.6 is 11.3 Å². The van der Waals surface area contributed by atoms with Crippen molar-refractivity contribution >= 4 is 28.1 Å². The lowest BCUT2D eigenvalue weighted by atomic mass is 10.1. The first-order valence-corrected chi connectivity index (χ1v) is 9.30. The van der Waals surface area contributed by atoms with Gasteiger partial charge in [-0.2, -0.15) is 0 Å². The van der Waals surface area contributed by atoms with Gasteiger partial charge in [0.1, 0.15) is 0 Å². The lowest BCUT2D eigenvalue weighted by Gasteiger charge is -2.13. The molecule has 0 atom stereocenters. The molecule has 4 nitrogen and oxygen atoms in total. The zero-order valence-corrected chi connectivity index (χ0v) is 14.4. The summed E-state index contributed by atoms with van der Waals surface area (Å²) in [5.74, 6) is 0.126. The number of thiophene rings is 1. The monoisotopic (exact) mass is 339 g/mol. The molecular formula is C19H21N3OS. The summed E-state index contributed by atoms with van der Waals surface area (Å²) in [7, 11) is 0. The Morgan fingerprint density at radius 1 is 1.17 bits per heavy atom. The van der Waals surface area contributed by atoms with Crippen LogP contribution in [0.25, 0.3) is 22.0 Å². The minimum absolute atomic E-state index is 0.126. The molecule has 3 aromatic rings. The molecule has 4 rings (SSSR count). The Morgan fingerprint density at radius 3 is 2.92 bits per heavy atom. The highest BCUT2D eigenvalue weighted by Gasteiger charge is 2.15. The molecule has 0 spiro atoms. The van der Waals surface area contributed by atoms with Crippen molar-refractivity contribution in [3.63, 3.8) is 0 Å². The van der Waals surface area contributed by atoms with E-state index in [-0.39, 0.29) is 5.91 Å². The maximum atomic E-state index is 12.0. The van der Waals surface area contributed by atoms with E-state index in [0.717, 1.165) is 18.6 Å². The van der Waals surface area contributed by atoms with Crippen molar-refractivity contribution in [3.05, 3.63) is 46.8 Å². The van der Waals surface area contributed by atoms with Crippen molar-refractivity contribution < 1.29 is 4.79 Å². The van der Waals surface area contributed by atoms with Crippen LogP contribution in [-0.2, 0) is 11.3 Å².